The first-order valence-electron chi connectivity index (χ1n) is 7.59. The summed E-state index contributed by atoms with van der Waals surface area (Å²) in [5.74, 6) is 0. The van der Waals surface area contributed by atoms with Gasteiger partial charge in [0.05, 0.1) is 6.10 Å². The van der Waals surface area contributed by atoms with Gasteiger partial charge in [0.15, 0.2) is 0 Å². The highest BCUT2D eigenvalue weighted by molar-refractivity contribution is 5.86. The zero-order valence-electron chi connectivity index (χ0n) is 12.3. The molecule has 1 heterocycles. The summed E-state index contributed by atoms with van der Waals surface area (Å²) >= 11 is 0. The van der Waals surface area contributed by atoms with Gasteiger partial charge in [0.2, 0.25) is 0 Å². The van der Waals surface area contributed by atoms with Gasteiger partial charge in [0.25, 0.3) is 0 Å². The largest absolute Gasteiger partial charge is 0.378 e. The Balaban J connectivity index is 1.80. The van der Waals surface area contributed by atoms with Gasteiger partial charge in [-0.3, -0.25) is 0 Å². The second kappa shape index (κ2) is 5.94. The van der Waals surface area contributed by atoms with Crippen molar-refractivity contribution in [3.05, 3.63) is 48.0 Å². The summed E-state index contributed by atoms with van der Waals surface area (Å²) in [7, 11) is 0. The fourth-order valence-corrected chi connectivity index (χ4v) is 3.22. The van der Waals surface area contributed by atoms with Crippen molar-refractivity contribution >= 4 is 10.8 Å². The first-order chi connectivity index (χ1) is 9.74. The molecule has 0 aromatic heterocycles. The number of fused-ring (bicyclic) bond motifs is 1. The van der Waals surface area contributed by atoms with E-state index in [9.17, 15) is 0 Å². The van der Waals surface area contributed by atoms with Crippen molar-refractivity contribution in [1.29, 1.82) is 0 Å². The summed E-state index contributed by atoms with van der Waals surface area (Å²) in [5.41, 5.74) is 1.39. The highest BCUT2D eigenvalue weighted by atomic mass is 16.5. The molecule has 106 valence electrons. The minimum Gasteiger partial charge on any atom is -0.378 e. The molecule has 3 atom stereocenters. The van der Waals surface area contributed by atoms with Crippen LogP contribution in [0, 0.1) is 0 Å². The zero-order valence-corrected chi connectivity index (χ0v) is 12.3. The predicted octanol–water partition coefficient (Wildman–Crippen LogP) is 4.06. The van der Waals surface area contributed by atoms with E-state index >= 15 is 0 Å². The van der Waals surface area contributed by atoms with Crippen LogP contribution >= 0.6 is 0 Å². The summed E-state index contributed by atoms with van der Waals surface area (Å²) in [6, 6.07) is 16.1. The van der Waals surface area contributed by atoms with E-state index in [1.807, 2.05) is 0 Å². The van der Waals surface area contributed by atoms with Crippen LogP contribution in [0.3, 0.4) is 0 Å². The quantitative estimate of drug-likeness (QED) is 0.907. The number of benzene rings is 2. The summed E-state index contributed by atoms with van der Waals surface area (Å²) in [6.45, 7) is 5.30. The Morgan fingerprint density at radius 2 is 1.95 bits per heavy atom. The highest BCUT2D eigenvalue weighted by Crippen LogP contribution is 2.25. The molecular weight excluding hydrogens is 246 g/mol. The van der Waals surface area contributed by atoms with Gasteiger partial charge < -0.3 is 10.1 Å². The SMILES string of the molecule is CC1CC(NC(C)c2cccc3ccccc23)CCO1. The summed E-state index contributed by atoms with van der Waals surface area (Å²) in [6.07, 6.45) is 2.59. The number of rotatable bonds is 3. The van der Waals surface area contributed by atoms with E-state index in [0.29, 0.717) is 18.2 Å². The van der Waals surface area contributed by atoms with Crippen molar-refractivity contribution < 1.29 is 4.74 Å². The third-order valence-corrected chi connectivity index (χ3v) is 4.26. The van der Waals surface area contributed by atoms with Gasteiger partial charge in [0, 0.05) is 18.7 Å². The van der Waals surface area contributed by atoms with E-state index in [0.717, 1.165) is 19.4 Å². The maximum atomic E-state index is 5.63. The molecule has 1 saturated heterocycles. The Kier molecular flexibility index (Phi) is 4.04. The molecule has 0 aliphatic carbocycles. The predicted molar refractivity (Wildman–Crippen MR) is 83.9 cm³/mol. The molecule has 0 bridgehead atoms. The second-order valence-electron chi connectivity index (χ2n) is 5.86. The Hall–Kier alpha value is -1.38. The van der Waals surface area contributed by atoms with E-state index in [1.54, 1.807) is 0 Å². The maximum Gasteiger partial charge on any atom is 0.0561 e. The maximum absolute atomic E-state index is 5.63. The Morgan fingerprint density at radius 3 is 2.80 bits per heavy atom. The topological polar surface area (TPSA) is 21.3 Å². The summed E-state index contributed by atoms with van der Waals surface area (Å²) in [5, 5.41) is 6.45. The lowest BCUT2D eigenvalue weighted by molar-refractivity contribution is 0.0116. The minimum atomic E-state index is 0.372. The van der Waals surface area contributed by atoms with Crippen LogP contribution in [0.2, 0.25) is 0 Å². The summed E-state index contributed by atoms with van der Waals surface area (Å²) < 4.78 is 5.63. The van der Waals surface area contributed by atoms with Gasteiger partial charge in [-0.2, -0.15) is 0 Å². The van der Waals surface area contributed by atoms with Crippen molar-refractivity contribution in [3.8, 4) is 0 Å². The van der Waals surface area contributed by atoms with Crippen molar-refractivity contribution in [2.24, 2.45) is 0 Å². The molecule has 0 amide bonds. The molecule has 1 aliphatic rings. The lowest BCUT2D eigenvalue weighted by Gasteiger charge is -2.31. The lowest BCUT2D eigenvalue weighted by atomic mass is 9.97. The van der Waals surface area contributed by atoms with Crippen molar-refractivity contribution in [3.63, 3.8) is 0 Å². The van der Waals surface area contributed by atoms with Gasteiger partial charge in [-0.05, 0) is 43.0 Å². The molecule has 2 aromatic rings. The van der Waals surface area contributed by atoms with Crippen LogP contribution in [-0.2, 0) is 4.74 Å². The standard InChI is InChI=1S/C18H23NO/c1-13-12-16(10-11-20-13)19-14(2)17-9-5-7-15-6-3-4-8-18(15)17/h3-9,13-14,16,19H,10-12H2,1-2H3. The monoisotopic (exact) mass is 269 g/mol. The van der Waals surface area contributed by atoms with Crippen LogP contribution in [0.15, 0.2) is 42.5 Å². The average Bonchev–Trinajstić information content (AvgIpc) is 2.46. The molecule has 3 rings (SSSR count). The van der Waals surface area contributed by atoms with E-state index < -0.39 is 0 Å². The third-order valence-electron chi connectivity index (χ3n) is 4.26. The molecule has 20 heavy (non-hydrogen) atoms. The van der Waals surface area contributed by atoms with Crippen LogP contribution in [0.4, 0.5) is 0 Å². The molecule has 2 heteroatoms. The van der Waals surface area contributed by atoms with E-state index in [2.05, 4.69) is 61.6 Å². The van der Waals surface area contributed by atoms with Gasteiger partial charge in [0.1, 0.15) is 0 Å². The molecule has 1 fully saturated rings. The molecule has 1 N–H and O–H groups in total. The normalized spacial score (nSPS) is 24.7. The molecule has 0 spiro atoms. The lowest BCUT2D eigenvalue weighted by Crippen LogP contribution is -2.39. The highest BCUT2D eigenvalue weighted by Gasteiger charge is 2.21. The van der Waals surface area contributed by atoms with E-state index in [1.165, 1.54) is 16.3 Å². The second-order valence-corrected chi connectivity index (χ2v) is 5.86. The molecule has 2 nitrogen and oxygen atoms in total. The number of hydrogen-bond acceptors (Lipinski definition) is 2. The molecular formula is C18H23NO. The molecule has 0 radical (unpaired) electrons. The molecule has 1 aliphatic heterocycles. The van der Waals surface area contributed by atoms with Gasteiger partial charge in [-0.1, -0.05) is 42.5 Å². The first kappa shape index (κ1) is 13.6. The minimum absolute atomic E-state index is 0.372. The third kappa shape index (κ3) is 2.87. The fourth-order valence-electron chi connectivity index (χ4n) is 3.22. The fraction of sp³-hybridized carbons (Fsp3) is 0.444. The Morgan fingerprint density at radius 1 is 1.15 bits per heavy atom. The van der Waals surface area contributed by atoms with Crippen LogP contribution < -0.4 is 5.32 Å². The molecule has 0 saturated carbocycles. The molecule has 2 aromatic carbocycles. The van der Waals surface area contributed by atoms with Crippen LogP contribution in [0.5, 0.6) is 0 Å². The van der Waals surface area contributed by atoms with Gasteiger partial charge in [-0.25, -0.2) is 0 Å². The Labute approximate surface area is 121 Å². The number of nitrogens with one attached hydrogen (secondary N) is 1. The first-order valence-corrected chi connectivity index (χ1v) is 7.59. The summed E-state index contributed by atoms with van der Waals surface area (Å²) in [4.78, 5) is 0. The zero-order chi connectivity index (χ0) is 13.9. The van der Waals surface area contributed by atoms with Crippen molar-refractivity contribution in [1.82, 2.24) is 5.32 Å². The van der Waals surface area contributed by atoms with Crippen LogP contribution in [0.1, 0.15) is 38.3 Å². The van der Waals surface area contributed by atoms with Gasteiger partial charge in [-0.15, -0.1) is 0 Å². The van der Waals surface area contributed by atoms with Crippen molar-refractivity contribution in [2.75, 3.05) is 6.61 Å². The number of ether oxygens (including phenoxy) is 1. The smallest absolute Gasteiger partial charge is 0.0561 e. The van der Waals surface area contributed by atoms with E-state index in [4.69, 9.17) is 4.74 Å². The van der Waals surface area contributed by atoms with E-state index in [-0.39, 0.29) is 0 Å². The molecule has 3 unspecified atom stereocenters. The average molecular weight is 269 g/mol. The van der Waals surface area contributed by atoms with Crippen molar-refractivity contribution in [2.45, 2.75) is 44.9 Å². The number of hydrogen-bond donors (Lipinski definition) is 1. The van der Waals surface area contributed by atoms with Gasteiger partial charge >= 0.3 is 0 Å². The Bertz CT molecular complexity index is 575. The van der Waals surface area contributed by atoms with Crippen LogP contribution in [0.25, 0.3) is 10.8 Å². The van der Waals surface area contributed by atoms with Crippen LogP contribution in [-0.4, -0.2) is 18.8 Å².